The van der Waals surface area contributed by atoms with E-state index in [2.05, 4.69) is 20.5 Å². The molecule has 0 aromatic carbocycles. The number of likely N-dealkylation sites (N-methyl/N-ethyl adjacent to an activating group) is 1. The molecule has 2 aliphatic heterocycles. The van der Waals surface area contributed by atoms with Crippen LogP contribution in [0.5, 0.6) is 0 Å². The van der Waals surface area contributed by atoms with Gasteiger partial charge in [-0.15, -0.1) is 5.10 Å². The van der Waals surface area contributed by atoms with Crippen LogP contribution >= 0.6 is 0 Å². The van der Waals surface area contributed by atoms with Crippen molar-refractivity contribution in [3.63, 3.8) is 0 Å². The predicted octanol–water partition coefficient (Wildman–Crippen LogP) is -0.414. The number of hydrogen-bond acceptors (Lipinski definition) is 5. The Hall–Kier alpha value is -2.71. The van der Waals surface area contributed by atoms with Crippen molar-refractivity contribution < 1.29 is 9.59 Å². The van der Waals surface area contributed by atoms with E-state index in [0.29, 0.717) is 13.0 Å². The molecule has 0 saturated carbocycles. The van der Waals surface area contributed by atoms with Gasteiger partial charge in [0.05, 0.1) is 6.20 Å². The number of nitrogens with zero attached hydrogens (tertiary/aromatic N) is 6. The van der Waals surface area contributed by atoms with Crippen LogP contribution in [0.3, 0.4) is 0 Å². The highest BCUT2D eigenvalue weighted by Gasteiger charge is 2.31. The van der Waals surface area contributed by atoms with Crippen LogP contribution in [0.15, 0.2) is 12.3 Å². The van der Waals surface area contributed by atoms with Crippen molar-refractivity contribution in [2.75, 3.05) is 11.9 Å². The molecule has 0 aliphatic carbocycles. The number of hydrogen-bond donors (Lipinski definition) is 1. The molecule has 0 spiro atoms. The van der Waals surface area contributed by atoms with Crippen molar-refractivity contribution in [2.24, 2.45) is 0 Å². The van der Waals surface area contributed by atoms with Gasteiger partial charge in [0.25, 0.3) is 11.8 Å². The van der Waals surface area contributed by atoms with Gasteiger partial charge in [0.1, 0.15) is 17.7 Å². The third-order valence-corrected chi connectivity index (χ3v) is 4.32. The minimum absolute atomic E-state index is 0.136. The number of carbonyl (C=O) groups is 2. The van der Waals surface area contributed by atoms with Gasteiger partial charge >= 0.3 is 0 Å². The van der Waals surface area contributed by atoms with E-state index in [1.807, 2.05) is 0 Å². The lowest BCUT2D eigenvalue weighted by atomic mass is 10.2. The van der Waals surface area contributed by atoms with Crippen LogP contribution in [-0.4, -0.2) is 49.4 Å². The number of anilines is 1. The molecular formula is C14H17N7O2. The van der Waals surface area contributed by atoms with E-state index in [1.54, 1.807) is 28.7 Å². The fourth-order valence-electron chi connectivity index (χ4n) is 3.08. The Labute approximate surface area is 132 Å². The van der Waals surface area contributed by atoms with E-state index >= 15 is 0 Å². The molecule has 2 amide bonds. The summed E-state index contributed by atoms with van der Waals surface area (Å²) >= 11 is 0. The van der Waals surface area contributed by atoms with Crippen LogP contribution in [0.2, 0.25) is 0 Å². The highest BCUT2D eigenvalue weighted by atomic mass is 16.2. The molecule has 0 unspecified atom stereocenters. The molecule has 1 atom stereocenters. The summed E-state index contributed by atoms with van der Waals surface area (Å²) in [4.78, 5) is 30.7. The molecule has 4 rings (SSSR count). The van der Waals surface area contributed by atoms with E-state index < -0.39 is 11.9 Å². The summed E-state index contributed by atoms with van der Waals surface area (Å²) in [5.41, 5.74) is 0. The lowest BCUT2D eigenvalue weighted by Gasteiger charge is -2.19. The van der Waals surface area contributed by atoms with Crippen molar-refractivity contribution in [1.29, 1.82) is 0 Å². The summed E-state index contributed by atoms with van der Waals surface area (Å²) in [6.07, 6.45) is 3.99. The average molecular weight is 315 g/mol. The number of nitrogens with one attached hydrogen (secondary N) is 1. The molecule has 0 saturated heterocycles. The van der Waals surface area contributed by atoms with Crippen molar-refractivity contribution >= 4 is 17.6 Å². The molecule has 9 heteroatoms. The maximum absolute atomic E-state index is 12.5. The smallest absolute Gasteiger partial charge is 0.291 e. The van der Waals surface area contributed by atoms with Crippen LogP contribution in [0, 0.1) is 0 Å². The number of carbonyl (C=O) groups excluding carboxylic acids is 2. The molecule has 2 aliphatic rings. The van der Waals surface area contributed by atoms with Crippen molar-refractivity contribution in [3.8, 4) is 0 Å². The van der Waals surface area contributed by atoms with Crippen LogP contribution in [0.1, 0.15) is 29.3 Å². The monoisotopic (exact) mass is 315 g/mol. The van der Waals surface area contributed by atoms with Gasteiger partial charge in [-0.05, 0) is 12.8 Å². The Kier molecular flexibility index (Phi) is 3.14. The molecule has 0 fully saturated rings. The molecule has 120 valence electrons. The van der Waals surface area contributed by atoms with Crippen molar-refractivity contribution in [1.82, 2.24) is 29.9 Å². The van der Waals surface area contributed by atoms with Gasteiger partial charge in [-0.25, -0.2) is 14.3 Å². The van der Waals surface area contributed by atoms with E-state index in [1.165, 1.54) is 4.90 Å². The maximum Gasteiger partial charge on any atom is 0.291 e. The highest BCUT2D eigenvalue weighted by molar-refractivity contribution is 6.00. The largest absolute Gasteiger partial charge is 0.337 e. The van der Waals surface area contributed by atoms with Crippen LogP contribution in [-0.2, 0) is 24.3 Å². The lowest BCUT2D eigenvalue weighted by Crippen LogP contribution is -2.47. The Morgan fingerprint density at radius 2 is 2.22 bits per heavy atom. The number of aromatic nitrogens is 5. The second-order valence-electron chi connectivity index (χ2n) is 5.80. The molecule has 2 aromatic heterocycles. The first-order valence-corrected chi connectivity index (χ1v) is 7.67. The minimum atomic E-state index is -0.604. The third-order valence-electron chi connectivity index (χ3n) is 4.32. The molecule has 0 radical (unpaired) electrons. The zero-order valence-corrected chi connectivity index (χ0v) is 12.8. The van der Waals surface area contributed by atoms with Crippen molar-refractivity contribution in [2.45, 2.75) is 38.4 Å². The van der Waals surface area contributed by atoms with E-state index in [0.717, 1.165) is 31.0 Å². The topological polar surface area (TPSA) is 97.9 Å². The Bertz CT molecular complexity index is 756. The average Bonchev–Trinajstić information content (AvgIpc) is 3.22. The summed E-state index contributed by atoms with van der Waals surface area (Å²) in [5, 5.41) is 11.2. The Balaban J connectivity index is 1.51. The van der Waals surface area contributed by atoms with Crippen molar-refractivity contribution in [3.05, 3.63) is 23.9 Å². The first-order chi connectivity index (χ1) is 11.1. The van der Waals surface area contributed by atoms with Gasteiger partial charge in [-0.2, -0.15) is 5.10 Å². The summed E-state index contributed by atoms with van der Waals surface area (Å²) in [7, 11) is 1.68. The van der Waals surface area contributed by atoms with Crippen LogP contribution < -0.4 is 10.2 Å². The molecule has 4 heterocycles. The maximum atomic E-state index is 12.5. The van der Waals surface area contributed by atoms with Crippen LogP contribution in [0.25, 0.3) is 0 Å². The van der Waals surface area contributed by atoms with E-state index in [4.69, 9.17) is 0 Å². The highest BCUT2D eigenvalue weighted by Crippen LogP contribution is 2.19. The fraction of sp³-hybridized carbons (Fsp3) is 0.500. The van der Waals surface area contributed by atoms with Gasteiger partial charge in [0, 0.05) is 32.6 Å². The Morgan fingerprint density at radius 1 is 1.35 bits per heavy atom. The SMILES string of the molecule is CN1C(=O)[C@@H](NC(=O)c2nc3n(n2)CCC3)CCn2nccc21. The summed E-state index contributed by atoms with van der Waals surface area (Å²) < 4.78 is 3.51. The summed E-state index contributed by atoms with van der Waals surface area (Å²) in [6.45, 7) is 1.36. The number of aryl methyl sites for hydroxylation is 3. The number of rotatable bonds is 2. The molecule has 9 nitrogen and oxygen atoms in total. The fourth-order valence-corrected chi connectivity index (χ4v) is 3.08. The lowest BCUT2D eigenvalue weighted by molar-refractivity contribution is -0.120. The van der Waals surface area contributed by atoms with Gasteiger partial charge in [-0.3, -0.25) is 14.5 Å². The van der Waals surface area contributed by atoms with Gasteiger partial charge in [0.2, 0.25) is 5.82 Å². The number of amides is 2. The molecule has 2 aromatic rings. The summed E-state index contributed by atoms with van der Waals surface area (Å²) in [5.74, 6) is 1.13. The van der Waals surface area contributed by atoms with Crippen LogP contribution in [0.4, 0.5) is 5.82 Å². The molecular weight excluding hydrogens is 298 g/mol. The third kappa shape index (κ3) is 2.28. The van der Waals surface area contributed by atoms with Gasteiger partial charge < -0.3 is 5.32 Å². The Morgan fingerprint density at radius 3 is 3.04 bits per heavy atom. The summed E-state index contributed by atoms with van der Waals surface area (Å²) in [6, 6.07) is 1.18. The zero-order chi connectivity index (χ0) is 16.0. The van der Waals surface area contributed by atoms with E-state index in [9.17, 15) is 9.59 Å². The van der Waals surface area contributed by atoms with Gasteiger partial charge in [-0.1, -0.05) is 0 Å². The first-order valence-electron chi connectivity index (χ1n) is 7.67. The normalized spacial score (nSPS) is 20.1. The zero-order valence-electron chi connectivity index (χ0n) is 12.8. The van der Waals surface area contributed by atoms with Gasteiger partial charge in [0.15, 0.2) is 0 Å². The standard InChI is InChI=1S/C14H17N7O2/c1-19-11-4-6-15-21(11)8-5-9(14(19)23)16-13(22)12-17-10-3-2-7-20(10)18-12/h4,6,9H,2-3,5,7-8H2,1H3,(H,16,22)/t9-/m0/s1. The quantitative estimate of drug-likeness (QED) is 0.812. The molecule has 23 heavy (non-hydrogen) atoms. The second kappa shape index (κ2) is 5.18. The molecule has 0 bridgehead atoms. The minimum Gasteiger partial charge on any atom is -0.337 e. The predicted molar refractivity (Wildman–Crippen MR) is 79.9 cm³/mol. The first kappa shape index (κ1) is 13.9. The van der Waals surface area contributed by atoms with E-state index in [-0.39, 0.29) is 11.7 Å². The second-order valence-corrected chi connectivity index (χ2v) is 5.80. The number of fused-ring (bicyclic) bond motifs is 2. The molecule has 1 N–H and O–H groups in total.